The molecule has 11 heavy (non-hydrogen) atoms. The molecule has 0 saturated heterocycles. The van der Waals surface area contributed by atoms with Crippen LogP contribution in [0.15, 0.2) is 0 Å². The second-order valence-corrected chi connectivity index (χ2v) is 4.20. The third-order valence-electron chi connectivity index (χ3n) is 3.43. The van der Waals surface area contributed by atoms with Crippen LogP contribution < -0.4 is 0 Å². The summed E-state index contributed by atoms with van der Waals surface area (Å²) in [6.07, 6.45) is 13.5. The van der Waals surface area contributed by atoms with E-state index >= 15 is 0 Å². The zero-order valence-corrected chi connectivity index (χ0v) is 7.44. The van der Waals surface area contributed by atoms with Crippen molar-refractivity contribution in [2.45, 2.75) is 57.8 Å². The molecule has 0 spiro atoms. The topological polar surface area (TPSA) is 0 Å². The number of hydrogen-bond donors (Lipinski definition) is 0. The fraction of sp³-hybridized carbons (Fsp3) is 0.909. The Hall–Kier alpha value is 0. The highest BCUT2D eigenvalue weighted by Gasteiger charge is 2.26. The van der Waals surface area contributed by atoms with Crippen LogP contribution in [0.3, 0.4) is 0 Å². The van der Waals surface area contributed by atoms with Gasteiger partial charge in [0.25, 0.3) is 0 Å². The first-order valence-electron chi connectivity index (χ1n) is 5.31. The third kappa shape index (κ3) is 1.77. The number of hydrogen-bond acceptors (Lipinski definition) is 0. The van der Waals surface area contributed by atoms with Crippen LogP contribution in [0.4, 0.5) is 0 Å². The molecule has 0 aromatic rings. The van der Waals surface area contributed by atoms with E-state index in [2.05, 4.69) is 0 Å². The highest BCUT2D eigenvalue weighted by molar-refractivity contribution is 5.00. The van der Waals surface area contributed by atoms with Crippen molar-refractivity contribution in [3.63, 3.8) is 0 Å². The van der Waals surface area contributed by atoms with Gasteiger partial charge < -0.3 is 0 Å². The molecule has 2 aliphatic rings. The Morgan fingerprint density at radius 2 is 1.36 bits per heavy atom. The van der Waals surface area contributed by atoms with E-state index in [1.165, 1.54) is 57.8 Å². The molecule has 0 N–H and O–H groups in total. The maximum atomic E-state index is 1.94. The molecule has 2 fully saturated rings. The minimum atomic E-state index is 1.06. The minimum Gasteiger partial charge on any atom is -0.0533 e. The Kier molecular flexibility index (Phi) is 2.50. The lowest BCUT2D eigenvalue weighted by Crippen LogP contribution is -2.15. The molecule has 1 atom stereocenters. The first kappa shape index (κ1) is 7.64. The van der Waals surface area contributed by atoms with E-state index in [-0.39, 0.29) is 0 Å². The standard InChI is InChI=1S/C11H19/c1-2-6-10-8-4-5-9-11(10)7-3-1/h10H,1-9H2. The lowest BCUT2D eigenvalue weighted by Gasteiger charge is -2.29. The van der Waals surface area contributed by atoms with E-state index in [4.69, 9.17) is 0 Å². The molecule has 0 aromatic heterocycles. The van der Waals surface area contributed by atoms with Gasteiger partial charge in [-0.2, -0.15) is 0 Å². The summed E-state index contributed by atoms with van der Waals surface area (Å²) in [6.45, 7) is 0. The second-order valence-electron chi connectivity index (χ2n) is 4.20. The lowest BCUT2D eigenvalue weighted by atomic mass is 9.77. The Morgan fingerprint density at radius 3 is 2.18 bits per heavy atom. The molecule has 0 nitrogen and oxygen atoms in total. The monoisotopic (exact) mass is 151 g/mol. The Morgan fingerprint density at radius 1 is 0.727 bits per heavy atom. The molecule has 2 aliphatic carbocycles. The molecule has 0 aliphatic heterocycles. The first-order valence-corrected chi connectivity index (χ1v) is 5.31. The van der Waals surface area contributed by atoms with Crippen molar-refractivity contribution in [2.24, 2.45) is 5.92 Å². The average molecular weight is 151 g/mol. The van der Waals surface area contributed by atoms with Crippen LogP contribution in [-0.4, -0.2) is 0 Å². The second kappa shape index (κ2) is 3.60. The predicted octanol–water partition coefficient (Wildman–Crippen LogP) is 3.72. The van der Waals surface area contributed by atoms with Crippen molar-refractivity contribution in [1.29, 1.82) is 0 Å². The summed E-state index contributed by atoms with van der Waals surface area (Å²) in [5, 5.41) is 0. The number of rotatable bonds is 0. The molecule has 0 bridgehead atoms. The van der Waals surface area contributed by atoms with Crippen molar-refractivity contribution < 1.29 is 0 Å². The average Bonchev–Trinajstić information content (AvgIpc) is 2.28. The van der Waals surface area contributed by atoms with Gasteiger partial charge in [-0.3, -0.25) is 0 Å². The van der Waals surface area contributed by atoms with Gasteiger partial charge in [0.05, 0.1) is 0 Å². The van der Waals surface area contributed by atoms with Gasteiger partial charge in [0, 0.05) is 0 Å². The zero-order valence-electron chi connectivity index (χ0n) is 7.44. The van der Waals surface area contributed by atoms with Gasteiger partial charge in [-0.15, -0.1) is 0 Å². The molecular formula is C11H19. The van der Waals surface area contributed by atoms with Crippen LogP contribution in [0.2, 0.25) is 0 Å². The summed E-state index contributed by atoms with van der Waals surface area (Å²) < 4.78 is 0. The summed E-state index contributed by atoms with van der Waals surface area (Å²) >= 11 is 0. The van der Waals surface area contributed by atoms with Crippen LogP contribution in [0.1, 0.15) is 57.8 Å². The summed E-state index contributed by atoms with van der Waals surface area (Å²) in [7, 11) is 0. The van der Waals surface area contributed by atoms with Crippen LogP contribution in [-0.2, 0) is 0 Å². The van der Waals surface area contributed by atoms with Crippen molar-refractivity contribution in [3.05, 3.63) is 5.92 Å². The molecule has 2 rings (SSSR count). The molecule has 63 valence electrons. The summed E-state index contributed by atoms with van der Waals surface area (Å²) in [6, 6.07) is 0. The van der Waals surface area contributed by atoms with Gasteiger partial charge in [-0.1, -0.05) is 32.1 Å². The predicted molar refractivity (Wildman–Crippen MR) is 48.3 cm³/mol. The molecule has 0 heteroatoms. The summed E-state index contributed by atoms with van der Waals surface area (Å²) in [5.41, 5.74) is 0. The van der Waals surface area contributed by atoms with Crippen molar-refractivity contribution >= 4 is 0 Å². The molecular weight excluding hydrogens is 132 g/mol. The van der Waals surface area contributed by atoms with Gasteiger partial charge in [0.15, 0.2) is 0 Å². The van der Waals surface area contributed by atoms with E-state index in [0.717, 1.165) is 5.92 Å². The SMILES string of the molecule is C1CC[C]2CCCCC2CC1. The van der Waals surface area contributed by atoms with E-state index in [1.54, 1.807) is 0 Å². The highest BCUT2D eigenvalue weighted by atomic mass is 14.3. The maximum Gasteiger partial charge on any atom is -0.0210 e. The van der Waals surface area contributed by atoms with Gasteiger partial charge in [0.1, 0.15) is 0 Å². The smallest absolute Gasteiger partial charge is 0.0210 e. The molecule has 0 heterocycles. The maximum absolute atomic E-state index is 1.94. The fourth-order valence-electron chi connectivity index (χ4n) is 2.75. The summed E-state index contributed by atoms with van der Waals surface area (Å²) in [5.74, 6) is 3.00. The number of fused-ring (bicyclic) bond motifs is 1. The Balaban J connectivity index is 1.93. The van der Waals surface area contributed by atoms with E-state index in [9.17, 15) is 0 Å². The fourth-order valence-corrected chi connectivity index (χ4v) is 2.75. The van der Waals surface area contributed by atoms with Gasteiger partial charge >= 0.3 is 0 Å². The van der Waals surface area contributed by atoms with Gasteiger partial charge in [-0.25, -0.2) is 0 Å². The van der Waals surface area contributed by atoms with Crippen molar-refractivity contribution in [3.8, 4) is 0 Å². The quantitative estimate of drug-likeness (QED) is 0.495. The van der Waals surface area contributed by atoms with Crippen LogP contribution in [0.5, 0.6) is 0 Å². The molecule has 2 saturated carbocycles. The Bertz CT molecular complexity index is 103. The van der Waals surface area contributed by atoms with Crippen LogP contribution in [0.25, 0.3) is 0 Å². The van der Waals surface area contributed by atoms with Gasteiger partial charge in [-0.05, 0) is 37.5 Å². The van der Waals surface area contributed by atoms with E-state index < -0.39 is 0 Å². The van der Waals surface area contributed by atoms with Crippen molar-refractivity contribution in [1.82, 2.24) is 0 Å². The summed E-state index contributed by atoms with van der Waals surface area (Å²) in [4.78, 5) is 0. The Labute approximate surface area is 70.4 Å². The molecule has 0 amide bonds. The van der Waals surface area contributed by atoms with Gasteiger partial charge in [0.2, 0.25) is 0 Å². The highest BCUT2D eigenvalue weighted by Crippen LogP contribution is 2.40. The normalized spacial score (nSPS) is 34.4. The lowest BCUT2D eigenvalue weighted by molar-refractivity contribution is 0.368. The molecule has 0 aromatic carbocycles. The molecule has 1 radical (unpaired) electrons. The van der Waals surface area contributed by atoms with E-state index in [1.807, 2.05) is 5.92 Å². The third-order valence-corrected chi connectivity index (χ3v) is 3.43. The van der Waals surface area contributed by atoms with Crippen LogP contribution in [0, 0.1) is 11.8 Å². The molecule has 1 unspecified atom stereocenters. The zero-order chi connectivity index (χ0) is 7.52. The largest absolute Gasteiger partial charge is 0.0533 e. The first-order chi connectivity index (χ1) is 5.47. The van der Waals surface area contributed by atoms with Crippen LogP contribution >= 0.6 is 0 Å². The minimum absolute atomic E-state index is 1.06. The van der Waals surface area contributed by atoms with Crippen molar-refractivity contribution in [2.75, 3.05) is 0 Å². The van der Waals surface area contributed by atoms with E-state index in [0.29, 0.717) is 0 Å².